The number of anilines is 1. The van der Waals surface area contributed by atoms with Crippen molar-refractivity contribution in [3.8, 4) is 0 Å². The highest BCUT2D eigenvalue weighted by Gasteiger charge is 2.23. The first-order chi connectivity index (χ1) is 15.6. The Balaban J connectivity index is 1.32. The van der Waals surface area contributed by atoms with Gasteiger partial charge in [0.2, 0.25) is 0 Å². The lowest BCUT2D eigenvalue weighted by Crippen LogP contribution is -2.49. The molecule has 1 aromatic carbocycles. The molecule has 1 aromatic heterocycles. The lowest BCUT2D eigenvalue weighted by atomic mass is 10.1. The number of esters is 1. The summed E-state index contributed by atoms with van der Waals surface area (Å²) in [4.78, 5) is 35.7. The molecule has 170 valence electrons. The Kier molecular flexibility index (Phi) is 7.34. The lowest BCUT2D eigenvalue weighted by molar-refractivity contribution is 0.0341. The molecule has 2 aliphatic rings. The van der Waals surface area contributed by atoms with E-state index in [0.29, 0.717) is 38.3 Å². The van der Waals surface area contributed by atoms with Crippen LogP contribution in [0.1, 0.15) is 33.2 Å². The van der Waals surface area contributed by atoms with Gasteiger partial charge in [0.25, 0.3) is 5.91 Å². The number of hydrogen-bond donors (Lipinski definition) is 0. The molecule has 0 atom stereocenters. The van der Waals surface area contributed by atoms with Gasteiger partial charge in [-0.2, -0.15) is 0 Å². The van der Waals surface area contributed by atoms with Crippen molar-refractivity contribution in [2.45, 2.75) is 13.5 Å². The Morgan fingerprint density at radius 2 is 1.78 bits per heavy atom. The first kappa shape index (κ1) is 22.2. The summed E-state index contributed by atoms with van der Waals surface area (Å²) in [7, 11) is 0. The van der Waals surface area contributed by atoms with Gasteiger partial charge < -0.3 is 19.3 Å². The minimum Gasteiger partial charge on any atom is -0.462 e. The summed E-state index contributed by atoms with van der Waals surface area (Å²) in [6.07, 6.45) is 1.55. The number of ether oxygens (including phenoxy) is 2. The van der Waals surface area contributed by atoms with Crippen LogP contribution in [0.5, 0.6) is 0 Å². The highest BCUT2D eigenvalue weighted by molar-refractivity contribution is 5.94. The van der Waals surface area contributed by atoms with Crippen molar-refractivity contribution in [1.82, 2.24) is 14.8 Å². The van der Waals surface area contributed by atoms with E-state index in [1.54, 1.807) is 19.2 Å². The highest BCUT2D eigenvalue weighted by Crippen LogP contribution is 2.17. The van der Waals surface area contributed by atoms with Gasteiger partial charge in [-0.15, -0.1) is 0 Å². The fourth-order valence-electron chi connectivity index (χ4n) is 4.05. The molecule has 2 aromatic rings. The topological polar surface area (TPSA) is 75.2 Å². The van der Waals surface area contributed by atoms with Crippen molar-refractivity contribution in [3.05, 3.63) is 59.3 Å². The van der Waals surface area contributed by atoms with E-state index in [0.717, 1.165) is 49.8 Å². The van der Waals surface area contributed by atoms with Crippen LogP contribution in [0, 0.1) is 0 Å². The van der Waals surface area contributed by atoms with Gasteiger partial charge in [-0.1, -0.05) is 12.1 Å². The van der Waals surface area contributed by atoms with Crippen LogP contribution >= 0.6 is 0 Å². The largest absolute Gasteiger partial charge is 0.462 e. The maximum Gasteiger partial charge on any atom is 0.339 e. The fraction of sp³-hybridized carbons (Fsp3) is 0.458. The van der Waals surface area contributed by atoms with Crippen molar-refractivity contribution >= 4 is 17.7 Å². The SMILES string of the molecule is CCOC(=O)c1ccc(N2CCN(C(=O)c3cccc(CN4CCOCC4)c3)CC2)nc1. The second-order valence-electron chi connectivity index (χ2n) is 7.99. The van der Waals surface area contributed by atoms with E-state index in [4.69, 9.17) is 9.47 Å². The summed E-state index contributed by atoms with van der Waals surface area (Å²) in [5, 5.41) is 0. The summed E-state index contributed by atoms with van der Waals surface area (Å²) in [5.74, 6) is 0.509. The van der Waals surface area contributed by atoms with Gasteiger partial charge in [-0.25, -0.2) is 9.78 Å². The molecule has 3 heterocycles. The van der Waals surface area contributed by atoms with Crippen LogP contribution < -0.4 is 4.90 Å². The van der Waals surface area contributed by atoms with Crippen molar-refractivity contribution < 1.29 is 19.1 Å². The van der Waals surface area contributed by atoms with E-state index in [9.17, 15) is 9.59 Å². The van der Waals surface area contributed by atoms with Crippen molar-refractivity contribution in [3.63, 3.8) is 0 Å². The predicted octanol–water partition coefficient (Wildman–Crippen LogP) is 2.05. The van der Waals surface area contributed by atoms with E-state index < -0.39 is 0 Å². The number of hydrogen-bond acceptors (Lipinski definition) is 7. The van der Waals surface area contributed by atoms with Gasteiger partial charge in [0.1, 0.15) is 5.82 Å². The summed E-state index contributed by atoms with van der Waals surface area (Å²) in [5.41, 5.74) is 2.34. The molecule has 2 fully saturated rings. The zero-order valence-electron chi connectivity index (χ0n) is 18.5. The van der Waals surface area contributed by atoms with Gasteiger partial charge in [0.05, 0.1) is 25.4 Å². The Bertz CT molecular complexity index is 920. The minimum absolute atomic E-state index is 0.0686. The quantitative estimate of drug-likeness (QED) is 0.639. The van der Waals surface area contributed by atoms with E-state index in [-0.39, 0.29) is 11.9 Å². The number of benzene rings is 1. The zero-order chi connectivity index (χ0) is 22.3. The monoisotopic (exact) mass is 438 g/mol. The second-order valence-corrected chi connectivity index (χ2v) is 7.99. The molecule has 0 aliphatic carbocycles. The van der Waals surface area contributed by atoms with Crippen LogP contribution in [0.3, 0.4) is 0 Å². The number of morpholine rings is 1. The second kappa shape index (κ2) is 10.6. The third kappa shape index (κ3) is 5.44. The first-order valence-corrected chi connectivity index (χ1v) is 11.2. The smallest absolute Gasteiger partial charge is 0.339 e. The number of piperazine rings is 1. The number of carbonyl (C=O) groups is 2. The average molecular weight is 439 g/mol. The number of pyridine rings is 1. The van der Waals surface area contributed by atoms with Gasteiger partial charge in [0, 0.05) is 57.6 Å². The van der Waals surface area contributed by atoms with E-state index >= 15 is 0 Å². The van der Waals surface area contributed by atoms with Crippen LogP contribution in [-0.2, 0) is 16.0 Å². The molecule has 2 aliphatic heterocycles. The first-order valence-electron chi connectivity index (χ1n) is 11.2. The fourth-order valence-corrected chi connectivity index (χ4v) is 4.05. The number of amides is 1. The molecule has 0 spiro atoms. The molecule has 2 saturated heterocycles. The minimum atomic E-state index is -0.363. The standard InChI is InChI=1S/C24H30N4O4/c1-2-32-24(30)21-6-7-22(25-17-21)27-8-10-28(11-9-27)23(29)20-5-3-4-19(16-20)18-26-12-14-31-15-13-26/h3-7,16-17H,2,8-15,18H2,1H3. The maximum atomic E-state index is 13.1. The molecular weight excluding hydrogens is 408 g/mol. The van der Waals surface area contributed by atoms with Crippen LogP contribution in [0.25, 0.3) is 0 Å². The highest BCUT2D eigenvalue weighted by atomic mass is 16.5. The van der Waals surface area contributed by atoms with E-state index in [2.05, 4.69) is 20.9 Å². The molecule has 0 saturated carbocycles. The molecule has 8 heteroatoms. The Hall–Kier alpha value is -2.97. The summed E-state index contributed by atoms with van der Waals surface area (Å²) in [6, 6.07) is 11.5. The summed E-state index contributed by atoms with van der Waals surface area (Å²) < 4.78 is 10.4. The van der Waals surface area contributed by atoms with Crippen molar-refractivity contribution in [2.75, 3.05) is 64.0 Å². The average Bonchev–Trinajstić information content (AvgIpc) is 2.85. The van der Waals surface area contributed by atoms with Crippen LogP contribution in [0.15, 0.2) is 42.6 Å². The number of nitrogens with zero attached hydrogens (tertiary/aromatic N) is 4. The maximum absolute atomic E-state index is 13.1. The molecule has 0 unspecified atom stereocenters. The van der Waals surface area contributed by atoms with Crippen LogP contribution in [-0.4, -0.2) is 85.7 Å². The molecule has 0 radical (unpaired) electrons. The molecule has 0 bridgehead atoms. The normalized spacial score (nSPS) is 17.3. The Morgan fingerprint density at radius 1 is 1.00 bits per heavy atom. The third-order valence-electron chi connectivity index (χ3n) is 5.83. The third-order valence-corrected chi connectivity index (χ3v) is 5.83. The molecule has 8 nitrogen and oxygen atoms in total. The lowest BCUT2D eigenvalue weighted by Gasteiger charge is -2.35. The van der Waals surface area contributed by atoms with Crippen molar-refractivity contribution in [1.29, 1.82) is 0 Å². The van der Waals surface area contributed by atoms with Crippen molar-refractivity contribution in [2.24, 2.45) is 0 Å². The van der Waals surface area contributed by atoms with Gasteiger partial charge in [-0.3, -0.25) is 9.69 Å². The number of aromatic nitrogens is 1. The summed E-state index contributed by atoms with van der Waals surface area (Å²) >= 11 is 0. The van der Waals surface area contributed by atoms with E-state index in [1.807, 2.05) is 29.2 Å². The van der Waals surface area contributed by atoms with Gasteiger partial charge >= 0.3 is 5.97 Å². The van der Waals surface area contributed by atoms with E-state index in [1.165, 1.54) is 0 Å². The van der Waals surface area contributed by atoms with Crippen LogP contribution in [0.4, 0.5) is 5.82 Å². The Morgan fingerprint density at radius 3 is 2.47 bits per heavy atom. The molecule has 0 N–H and O–H groups in total. The zero-order valence-corrected chi connectivity index (χ0v) is 18.5. The summed E-state index contributed by atoms with van der Waals surface area (Å²) in [6.45, 7) is 9.01. The molecule has 1 amide bonds. The number of rotatable bonds is 6. The molecule has 32 heavy (non-hydrogen) atoms. The van der Waals surface area contributed by atoms with Gasteiger partial charge in [-0.05, 0) is 36.8 Å². The van der Waals surface area contributed by atoms with Crippen LogP contribution in [0.2, 0.25) is 0 Å². The molecule has 4 rings (SSSR count). The Labute approximate surface area is 188 Å². The van der Waals surface area contributed by atoms with Gasteiger partial charge in [0.15, 0.2) is 0 Å². The predicted molar refractivity (Wildman–Crippen MR) is 121 cm³/mol. The molecular formula is C24H30N4O4. The number of carbonyl (C=O) groups excluding carboxylic acids is 2.